The maximum absolute atomic E-state index is 5.98. The summed E-state index contributed by atoms with van der Waals surface area (Å²) in [6.45, 7) is 8.41. The van der Waals surface area contributed by atoms with Gasteiger partial charge in [-0.3, -0.25) is 10.9 Å². The molecule has 7 nitrogen and oxygen atoms in total. The van der Waals surface area contributed by atoms with Crippen LogP contribution in [0.5, 0.6) is 0 Å². The van der Waals surface area contributed by atoms with Gasteiger partial charge in [0.1, 0.15) is 0 Å². The maximum atomic E-state index is 5.98. The Bertz CT molecular complexity index is 495. The van der Waals surface area contributed by atoms with Crippen molar-refractivity contribution < 1.29 is 4.74 Å². The Morgan fingerprint density at radius 3 is 2.95 bits per heavy atom. The SMILES string of the molecule is CC1NNC(C)C1CN1CC[C@H]2OCc3cnnn3[C@@H]2C1. The van der Waals surface area contributed by atoms with Crippen LogP contribution in [-0.4, -0.2) is 57.7 Å². The third-order valence-electron chi connectivity index (χ3n) is 5.30. The van der Waals surface area contributed by atoms with Gasteiger partial charge in [0, 0.05) is 37.6 Å². The molecule has 1 aromatic rings. The molecule has 0 bridgehead atoms. The summed E-state index contributed by atoms with van der Waals surface area (Å²) in [5, 5.41) is 8.31. The molecule has 4 atom stereocenters. The van der Waals surface area contributed by atoms with Crippen LogP contribution in [0.2, 0.25) is 0 Å². The van der Waals surface area contributed by atoms with Gasteiger partial charge in [0.25, 0.3) is 0 Å². The van der Waals surface area contributed by atoms with E-state index >= 15 is 0 Å². The van der Waals surface area contributed by atoms with E-state index in [1.54, 1.807) is 0 Å². The zero-order chi connectivity index (χ0) is 14.4. The minimum absolute atomic E-state index is 0.296. The molecule has 2 fully saturated rings. The minimum Gasteiger partial charge on any atom is -0.370 e. The topological polar surface area (TPSA) is 67.2 Å². The van der Waals surface area contributed by atoms with E-state index in [9.17, 15) is 0 Å². The smallest absolute Gasteiger partial charge is 0.0929 e. The van der Waals surface area contributed by atoms with E-state index < -0.39 is 0 Å². The summed E-state index contributed by atoms with van der Waals surface area (Å²) in [5.74, 6) is 0.640. The molecule has 0 saturated carbocycles. The van der Waals surface area contributed by atoms with E-state index in [0.29, 0.717) is 36.8 Å². The molecule has 2 N–H and O–H groups in total. The first-order valence-electron chi connectivity index (χ1n) is 7.96. The average molecular weight is 292 g/mol. The van der Waals surface area contributed by atoms with Crippen molar-refractivity contribution in [2.24, 2.45) is 5.92 Å². The van der Waals surface area contributed by atoms with Crippen LogP contribution in [0.1, 0.15) is 32.0 Å². The second kappa shape index (κ2) is 5.31. The molecule has 4 heterocycles. The molecule has 3 aliphatic rings. The molecule has 7 heteroatoms. The second-order valence-corrected chi connectivity index (χ2v) is 6.66. The highest BCUT2D eigenvalue weighted by molar-refractivity contribution is 5.01. The fourth-order valence-electron chi connectivity index (χ4n) is 3.93. The Kier molecular flexibility index (Phi) is 3.45. The normalized spacial score (nSPS) is 40.0. The van der Waals surface area contributed by atoms with Gasteiger partial charge in [-0.2, -0.15) is 0 Å². The lowest BCUT2D eigenvalue weighted by atomic mass is 9.93. The summed E-state index contributed by atoms with van der Waals surface area (Å²) in [7, 11) is 0. The van der Waals surface area contributed by atoms with Crippen molar-refractivity contribution in [3.8, 4) is 0 Å². The lowest BCUT2D eigenvalue weighted by Crippen LogP contribution is -2.50. The zero-order valence-corrected chi connectivity index (χ0v) is 12.7. The molecule has 2 saturated heterocycles. The first kappa shape index (κ1) is 13.6. The molecule has 0 aromatic carbocycles. The summed E-state index contributed by atoms with van der Waals surface area (Å²) in [6, 6.07) is 1.35. The number of hydrazine groups is 1. The summed E-state index contributed by atoms with van der Waals surface area (Å²) < 4.78 is 8.06. The predicted octanol–water partition coefficient (Wildman–Crippen LogP) is -0.0753. The summed E-state index contributed by atoms with van der Waals surface area (Å²) in [6.07, 6.45) is 3.20. The van der Waals surface area contributed by atoms with Crippen LogP contribution in [0.3, 0.4) is 0 Å². The quantitative estimate of drug-likeness (QED) is 0.795. The molecule has 4 rings (SSSR count). The van der Waals surface area contributed by atoms with Gasteiger partial charge < -0.3 is 9.64 Å². The lowest BCUT2D eigenvalue weighted by molar-refractivity contribution is -0.0678. The van der Waals surface area contributed by atoms with Crippen molar-refractivity contribution in [2.45, 2.75) is 51.1 Å². The Labute approximate surface area is 125 Å². The van der Waals surface area contributed by atoms with Crippen LogP contribution in [0.15, 0.2) is 6.20 Å². The lowest BCUT2D eigenvalue weighted by Gasteiger charge is -2.42. The van der Waals surface area contributed by atoms with Crippen molar-refractivity contribution >= 4 is 0 Å². The summed E-state index contributed by atoms with van der Waals surface area (Å²) in [4.78, 5) is 2.56. The molecule has 0 radical (unpaired) electrons. The first-order chi connectivity index (χ1) is 10.2. The van der Waals surface area contributed by atoms with Crippen molar-refractivity contribution in [3.05, 3.63) is 11.9 Å². The fourth-order valence-corrected chi connectivity index (χ4v) is 3.93. The van der Waals surface area contributed by atoms with Gasteiger partial charge in [-0.25, -0.2) is 4.68 Å². The molecular weight excluding hydrogens is 268 g/mol. The Hall–Kier alpha value is -1.02. The highest BCUT2D eigenvalue weighted by Gasteiger charge is 2.38. The molecule has 0 amide bonds. The number of fused-ring (bicyclic) bond motifs is 3. The third kappa shape index (κ3) is 2.38. The van der Waals surface area contributed by atoms with Gasteiger partial charge in [-0.1, -0.05) is 5.21 Å². The van der Waals surface area contributed by atoms with Gasteiger partial charge >= 0.3 is 0 Å². The van der Waals surface area contributed by atoms with E-state index in [0.717, 1.165) is 31.7 Å². The molecule has 2 unspecified atom stereocenters. The summed E-state index contributed by atoms with van der Waals surface area (Å²) in [5.41, 5.74) is 7.80. The predicted molar refractivity (Wildman–Crippen MR) is 77.4 cm³/mol. The first-order valence-corrected chi connectivity index (χ1v) is 7.96. The number of hydrogen-bond donors (Lipinski definition) is 2. The highest BCUT2D eigenvalue weighted by Crippen LogP contribution is 2.31. The van der Waals surface area contributed by atoms with Crippen molar-refractivity contribution in [1.29, 1.82) is 0 Å². The fraction of sp³-hybridized carbons (Fsp3) is 0.857. The molecule has 21 heavy (non-hydrogen) atoms. The van der Waals surface area contributed by atoms with Gasteiger partial charge in [0.15, 0.2) is 0 Å². The number of hydrogen-bond acceptors (Lipinski definition) is 6. The van der Waals surface area contributed by atoms with Gasteiger partial charge in [0.05, 0.1) is 30.6 Å². The maximum Gasteiger partial charge on any atom is 0.0929 e. The molecule has 0 spiro atoms. The number of likely N-dealkylation sites (tertiary alicyclic amines) is 1. The van der Waals surface area contributed by atoms with Gasteiger partial charge in [0.2, 0.25) is 0 Å². The molecule has 1 aromatic heterocycles. The molecule has 3 aliphatic heterocycles. The van der Waals surface area contributed by atoms with E-state index in [4.69, 9.17) is 4.74 Å². The molecular formula is C14H24N6O. The minimum atomic E-state index is 0.296. The standard InChI is InChI=1S/C14H24N6O/c1-9-12(10(2)17-16-9)6-19-4-3-14-13(7-19)20-11(8-21-14)5-15-18-20/h5,9-10,12-14,16-17H,3-4,6-8H2,1-2H3/t9?,10?,12?,13-,14-/m1/s1. The monoisotopic (exact) mass is 292 g/mol. The van der Waals surface area contributed by atoms with E-state index in [-0.39, 0.29) is 0 Å². The average Bonchev–Trinajstić information content (AvgIpc) is 3.09. The number of piperidine rings is 1. The second-order valence-electron chi connectivity index (χ2n) is 6.66. The van der Waals surface area contributed by atoms with Crippen LogP contribution >= 0.6 is 0 Å². The van der Waals surface area contributed by atoms with E-state index in [1.807, 2.05) is 6.20 Å². The van der Waals surface area contributed by atoms with Crippen molar-refractivity contribution in [3.63, 3.8) is 0 Å². The number of nitrogens with zero attached hydrogens (tertiary/aromatic N) is 4. The highest BCUT2D eigenvalue weighted by atomic mass is 16.5. The zero-order valence-electron chi connectivity index (χ0n) is 12.7. The third-order valence-corrected chi connectivity index (χ3v) is 5.30. The van der Waals surface area contributed by atoms with E-state index in [2.05, 4.69) is 44.6 Å². The largest absolute Gasteiger partial charge is 0.370 e. The van der Waals surface area contributed by atoms with Crippen molar-refractivity contribution in [2.75, 3.05) is 19.6 Å². The number of ether oxygens (including phenoxy) is 1. The van der Waals surface area contributed by atoms with E-state index in [1.165, 1.54) is 0 Å². The Balaban J connectivity index is 1.46. The van der Waals surface area contributed by atoms with Crippen LogP contribution in [-0.2, 0) is 11.3 Å². The Morgan fingerprint density at radius 2 is 2.14 bits per heavy atom. The Morgan fingerprint density at radius 1 is 1.33 bits per heavy atom. The number of nitrogens with one attached hydrogen (secondary N) is 2. The number of aromatic nitrogens is 3. The number of rotatable bonds is 2. The van der Waals surface area contributed by atoms with Crippen LogP contribution in [0.25, 0.3) is 0 Å². The van der Waals surface area contributed by atoms with Crippen LogP contribution < -0.4 is 10.9 Å². The van der Waals surface area contributed by atoms with Gasteiger partial charge in [-0.15, -0.1) is 5.10 Å². The van der Waals surface area contributed by atoms with Crippen LogP contribution in [0, 0.1) is 5.92 Å². The van der Waals surface area contributed by atoms with Crippen molar-refractivity contribution in [1.82, 2.24) is 30.7 Å². The summed E-state index contributed by atoms with van der Waals surface area (Å²) >= 11 is 0. The van der Waals surface area contributed by atoms with Gasteiger partial charge in [-0.05, 0) is 20.3 Å². The molecule has 116 valence electrons. The van der Waals surface area contributed by atoms with Crippen LogP contribution in [0.4, 0.5) is 0 Å². The molecule has 0 aliphatic carbocycles.